The molecule has 0 aromatic carbocycles. The quantitative estimate of drug-likeness (QED) is 0.0506. The molecular formula is C48H96O24S. The molecule has 0 fully saturated rings. The van der Waals surface area contributed by atoms with Gasteiger partial charge in [-0.2, -0.15) is 12.6 Å². The van der Waals surface area contributed by atoms with E-state index in [0.29, 0.717) is 296 Å². The molecule has 0 aromatic heterocycles. The fraction of sp³-hybridized carbons (Fsp3) is 0.979. The Kier molecular flexibility index (Phi) is 68.0. The van der Waals surface area contributed by atoms with Gasteiger partial charge in [0.2, 0.25) is 0 Å². The topological polar surface area (TPSA) is 229 Å². The molecule has 0 atom stereocenters. The Labute approximate surface area is 441 Å². The van der Waals surface area contributed by atoms with E-state index in [1.165, 1.54) is 0 Å². The smallest absolute Gasteiger partial charge is 0.306 e. The van der Waals surface area contributed by atoms with E-state index in [4.69, 9.17) is 109 Å². The van der Waals surface area contributed by atoms with Gasteiger partial charge in [-0.15, -0.1) is 0 Å². The molecule has 438 valence electrons. The van der Waals surface area contributed by atoms with Crippen LogP contribution in [-0.2, 0) is 114 Å². The molecule has 0 saturated carbocycles. The van der Waals surface area contributed by atoms with Gasteiger partial charge in [0.15, 0.2) is 0 Å². The fourth-order valence-corrected chi connectivity index (χ4v) is 5.20. The summed E-state index contributed by atoms with van der Waals surface area (Å²) in [6.45, 7) is 21.3. The number of ether oxygens (including phenoxy) is 23. The third-order valence-corrected chi connectivity index (χ3v) is 8.90. The summed E-state index contributed by atoms with van der Waals surface area (Å²) in [4.78, 5) is 11.2. The van der Waals surface area contributed by atoms with E-state index in [-0.39, 0.29) is 12.6 Å². The predicted octanol–water partition coefficient (Wildman–Crippen LogP) is 0.844. The minimum absolute atomic E-state index is 0.234. The highest BCUT2D eigenvalue weighted by Crippen LogP contribution is 1.92. The van der Waals surface area contributed by atoms with Crippen LogP contribution in [0.15, 0.2) is 0 Å². The average molecular weight is 1090 g/mol. The van der Waals surface area contributed by atoms with Gasteiger partial charge in [-0.05, 0) is 0 Å². The minimum atomic E-state index is -0.270. The SMILES string of the molecule is COCCOCCOCCOCCOCCOCCOCCOCCOCCOCCOCCOCCOCCOCCOCCOCCOCCOCCOCCOCCOCCOCCOC(=O)CCS. The van der Waals surface area contributed by atoms with E-state index in [1.807, 2.05) is 0 Å². The van der Waals surface area contributed by atoms with Crippen LogP contribution < -0.4 is 0 Å². The molecular weight excluding hydrogens is 993 g/mol. The van der Waals surface area contributed by atoms with Crippen molar-refractivity contribution in [3.63, 3.8) is 0 Å². The second kappa shape index (κ2) is 69.0. The maximum Gasteiger partial charge on any atom is 0.306 e. The lowest BCUT2D eigenvalue weighted by Crippen LogP contribution is -2.16. The first kappa shape index (κ1) is 71.9. The van der Waals surface area contributed by atoms with Crippen LogP contribution in [-0.4, -0.2) is 310 Å². The van der Waals surface area contributed by atoms with Crippen molar-refractivity contribution in [2.75, 3.05) is 304 Å². The number of hydrogen-bond acceptors (Lipinski definition) is 25. The van der Waals surface area contributed by atoms with Gasteiger partial charge in [0.1, 0.15) is 6.61 Å². The van der Waals surface area contributed by atoms with Crippen LogP contribution in [0.2, 0.25) is 0 Å². The van der Waals surface area contributed by atoms with Crippen LogP contribution in [0.25, 0.3) is 0 Å². The normalized spacial score (nSPS) is 11.6. The van der Waals surface area contributed by atoms with Gasteiger partial charge in [0.05, 0.1) is 291 Å². The summed E-state index contributed by atoms with van der Waals surface area (Å²) in [5.41, 5.74) is 0. The molecule has 24 nitrogen and oxygen atoms in total. The lowest BCUT2D eigenvalue weighted by Gasteiger charge is -2.09. The summed E-state index contributed by atoms with van der Waals surface area (Å²) in [7, 11) is 1.64. The first-order chi connectivity index (χ1) is 36.3. The van der Waals surface area contributed by atoms with Crippen molar-refractivity contribution in [1.82, 2.24) is 0 Å². The second-order valence-electron chi connectivity index (χ2n) is 14.5. The molecule has 0 heterocycles. The fourth-order valence-electron chi connectivity index (χ4n) is 5.02. The van der Waals surface area contributed by atoms with Crippen LogP contribution in [0.5, 0.6) is 0 Å². The summed E-state index contributed by atoms with van der Waals surface area (Å²) in [5, 5.41) is 0. The molecule has 0 aliphatic heterocycles. The summed E-state index contributed by atoms with van der Waals surface area (Å²) in [5.74, 6) is 0.203. The zero-order valence-electron chi connectivity index (χ0n) is 44.3. The zero-order chi connectivity index (χ0) is 52.4. The number of carbonyl (C=O) groups excluding carboxylic acids is 1. The Morgan fingerprint density at radius 1 is 0.219 bits per heavy atom. The highest BCUT2D eigenvalue weighted by molar-refractivity contribution is 7.80. The van der Waals surface area contributed by atoms with Gasteiger partial charge in [-0.1, -0.05) is 0 Å². The summed E-state index contributed by atoms with van der Waals surface area (Å²) >= 11 is 3.98. The van der Waals surface area contributed by atoms with Crippen LogP contribution in [0.1, 0.15) is 6.42 Å². The Balaban J connectivity index is 3.08. The highest BCUT2D eigenvalue weighted by Gasteiger charge is 2.02. The van der Waals surface area contributed by atoms with Crippen LogP contribution in [0.3, 0.4) is 0 Å². The predicted molar refractivity (Wildman–Crippen MR) is 269 cm³/mol. The Bertz CT molecular complexity index is 1000. The average Bonchev–Trinajstić information content (AvgIpc) is 3.39. The standard InChI is InChI=1S/C48H96O24S/c1-50-3-4-51-5-6-52-7-8-53-9-10-54-11-12-55-13-14-56-15-16-57-17-18-58-19-20-59-21-22-60-23-24-61-25-26-62-27-28-63-29-30-64-31-32-65-33-34-66-35-36-67-37-38-68-39-40-69-41-42-70-43-44-71-45-46-72-48(49)2-47-73/h73H,2-47H2,1H3. The number of methoxy groups -OCH3 is 1. The van der Waals surface area contributed by atoms with Gasteiger partial charge in [0, 0.05) is 12.9 Å². The second-order valence-corrected chi connectivity index (χ2v) is 15.0. The molecule has 0 unspecified atom stereocenters. The van der Waals surface area contributed by atoms with E-state index < -0.39 is 0 Å². The number of esters is 1. The third kappa shape index (κ3) is 68.9. The molecule has 73 heavy (non-hydrogen) atoms. The molecule has 0 aliphatic rings. The number of rotatable bonds is 68. The number of thiol groups is 1. The summed E-state index contributed by atoms with van der Waals surface area (Å²) in [6, 6.07) is 0. The molecule has 25 heteroatoms. The lowest BCUT2D eigenvalue weighted by atomic mass is 10.5. The Morgan fingerprint density at radius 3 is 0.466 bits per heavy atom. The molecule has 0 aromatic rings. The van der Waals surface area contributed by atoms with E-state index in [0.717, 1.165) is 0 Å². The maximum absolute atomic E-state index is 11.2. The van der Waals surface area contributed by atoms with E-state index in [2.05, 4.69) is 12.6 Å². The molecule has 0 saturated heterocycles. The van der Waals surface area contributed by atoms with Crippen molar-refractivity contribution < 1.29 is 114 Å². The minimum Gasteiger partial charge on any atom is -0.463 e. The Morgan fingerprint density at radius 2 is 0.342 bits per heavy atom. The largest absolute Gasteiger partial charge is 0.463 e. The highest BCUT2D eigenvalue weighted by atomic mass is 32.1. The first-order valence-corrected chi connectivity index (χ1v) is 26.3. The Hall–Kier alpha value is -1.06. The van der Waals surface area contributed by atoms with Gasteiger partial charge in [-0.25, -0.2) is 0 Å². The zero-order valence-corrected chi connectivity index (χ0v) is 45.2. The van der Waals surface area contributed by atoms with E-state index in [1.54, 1.807) is 7.11 Å². The van der Waals surface area contributed by atoms with Crippen molar-refractivity contribution in [3.8, 4) is 0 Å². The molecule has 0 N–H and O–H groups in total. The third-order valence-electron chi connectivity index (χ3n) is 8.68. The van der Waals surface area contributed by atoms with Crippen molar-refractivity contribution in [3.05, 3.63) is 0 Å². The van der Waals surface area contributed by atoms with E-state index in [9.17, 15) is 4.79 Å². The first-order valence-electron chi connectivity index (χ1n) is 25.7. The lowest BCUT2D eigenvalue weighted by molar-refractivity contribution is -0.144. The van der Waals surface area contributed by atoms with Gasteiger partial charge in [0.25, 0.3) is 0 Å². The number of carbonyl (C=O) groups is 1. The van der Waals surface area contributed by atoms with E-state index >= 15 is 0 Å². The maximum atomic E-state index is 11.2. The van der Waals surface area contributed by atoms with Gasteiger partial charge >= 0.3 is 5.97 Å². The molecule has 0 amide bonds. The number of hydrogen-bond donors (Lipinski definition) is 1. The summed E-state index contributed by atoms with van der Waals surface area (Å²) in [6.07, 6.45) is 0.300. The molecule has 0 rings (SSSR count). The monoisotopic (exact) mass is 1090 g/mol. The molecule has 0 spiro atoms. The van der Waals surface area contributed by atoms with Gasteiger partial charge in [-0.3, -0.25) is 4.79 Å². The van der Waals surface area contributed by atoms with Crippen LogP contribution in [0, 0.1) is 0 Å². The van der Waals surface area contributed by atoms with Crippen molar-refractivity contribution in [1.29, 1.82) is 0 Å². The van der Waals surface area contributed by atoms with Crippen LogP contribution in [0.4, 0.5) is 0 Å². The van der Waals surface area contributed by atoms with Crippen molar-refractivity contribution in [2.45, 2.75) is 6.42 Å². The molecule has 0 radical (unpaired) electrons. The summed E-state index contributed by atoms with van der Waals surface area (Å²) < 4.78 is 125. The molecule has 0 bridgehead atoms. The van der Waals surface area contributed by atoms with Crippen molar-refractivity contribution in [2.24, 2.45) is 0 Å². The van der Waals surface area contributed by atoms with Crippen molar-refractivity contribution >= 4 is 18.6 Å². The van der Waals surface area contributed by atoms with Crippen LogP contribution >= 0.6 is 12.6 Å². The molecule has 0 aliphatic carbocycles. The van der Waals surface area contributed by atoms with Gasteiger partial charge < -0.3 is 109 Å².